The summed E-state index contributed by atoms with van der Waals surface area (Å²) in [7, 11) is 1.36. The first kappa shape index (κ1) is 13.2. The first-order chi connectivity index (χ1) is 8.57. The lowest BCUT2D eigenvalue weighted by molar-refractivity contribution is -0.145. The molecule has 2 rings (SSSR count). The second-order valence-electron chi connectivity index (χ2n) is 4.50. The van der Waals surface area contributed by atoms with E-state index in [9.17, 15) is 9.18 Å². The third-order valence-corrected chi connectivity index (χ3v) is 4.47. The van der Waals surface area contributed by atoms with E-state index in [2.05, 4.69) is 12.2 Å². The maximum Gasteiger partial charge on any atom is 0.332 e. The number of hydrogen-bond donors (Lipinski definition) is 1. The zero-order valence-electron chi connectivity index (χ0n) is 10.4. The number of hydrogen-bond acceptors (Lipinski definition) is 4. The molecule has 1 aliphatic heterocycles. The number of esters is 1. The summed E-state index contributed by atoms with van der Waals surface area (Å²) in [6.45, 7) is 2.05. The van der Waals surface area contributed by atoms with Gasteiger partial charge in [-0.3, -0.25) is 0 Å². The first-order valence-electron chi connectivity index (χ1n) is 5.80. The van der Waals surface area contributed by atoms with Crippen molar-refractivity contribution in [3.05, 3.63) is 30.1 Å². The number of methoxy groups -OCH3 is 1. The molecule has 1 saturated heterocycles. The molecule has 1 heterocycles. The van der Waals surface area contributed by atoms with Gasteiger partial charge in [-0.1, -0.05) is 19.1 Å². The fraction of sp³-hybridized carbons (Fsp3) is 0.462. The van der Waals surface area contributed by atoms with Crippen molar-refractivity contribution in [2.45, 2.75) is 24.1 Å². The molecule has 0 saturated carbocycles. The van der Waals surface area contributed by atoms with Crippen LogP contribution in [0, 0.1) is 5.82 Å². The fourth-order valence-electron chi connectivity index (χ4n) is 2.19. The van der Waals surface area contributed by atoms with Gasteiger partial charge >= 0.3 is 5.97 Å². The predicted octanol–water partition coefficient (Wildman–Crippen LogP) is 2.67. The van der Waals surface area contributed by atoms with Crippen LogP contribution in [-0.4, -0.2) is 29.6 Å². The molecule has 0 spiro atoms. The van der Waals surface area contributed by atoms with E-state index in [0.717, 1.165) is 0 Å². The molecule has 0 bridgehead atoms. The van der Waals surface area contributed by atoms with E-state index in [1.54, 1.807) is 30.0 Å². The molecule has 2 atom stereocenters. The highest BCUT2D eigenvalue weighted by Gasteiger charge is 2.46. The summed E-state index contributed by atoms with van der Waals surface area (Å²) >= 11 is 1.69. The maximum atomic E-state index is 13.7. The van der Waals surface area contributed by atoms with Gasteiger partial charge in [-0.25, -0.2) is 9.18 Å². The Kier molecular flexibility index (Phi) is 3.80. The smallest absolute Gasteiger partial charge is 0.332 e. The minimum absolute atomic E-state index is 0.331. The zero-order valence-corrected chi connectivity index (χ0v) is 11.2. The summed E-state index contributed by atoms with van der Waals surface area (Å²) in [5.74, 6) is -0.0947. The van der Waals surface area contributed by atoms with Gasteiger partial charge in [0.1, 0.15) is 11.4 Å². The van der Waals surface area contributed by atoms with Gasteiger partial charge in [-0.2, -0.15) is 11.8 Å². The van der Waals surface area contributed by atoms with Crippen molar-refractivity contribution in [2.75, 3.05) is 18.2 Å². The molecule has 1 aromatic rings. The van der Waals surface area contributed by atoms with Gasteiger partial charge < -0.3 is 10.1 Å². The molecule has 1 aliphatic rings. The normalized spacial score (nSPS) is 26.9. The van der Waals surface area contributed by atoms with Crippen molar-refractivity contribution in [3.8, 4) is 0 Å². The lowest BCUT2D eigenvalue weighted by atomic mass is 9.95. The summed E-state index contributed by atoms with van der Waals surface area (Å²) < 4.78 is 18.5. The summed E-state index contributed by atoms with van der Waals surface area (Å²) in [5, 5.41) is 3.38. The number of ether oxygens (including phenoxy) is 1. The van der Waals surface area contributed by atoms with Crippen molar-refractivity contribution < 1.29 is 13.9 Å². The molecular formula is C13H16FNO2S. The zero-order chi connectivity index (χ0) is 13.2. The van der Waals surface area contributed by atoms with E-state index < -0.39 is 5.54 Å². The molecule has 5 heteroatoms. The van der Waals surface area contributed by atoms with Gasteiger partial charge in [0.05, 0.1) is 12.8 Å². The van der Waals surface area contributed by atoms with Gasteiger partial charge in [0.2, 0.25) is 0 Å². The molecule has 0 amide bonds. The number of para-hydroxylation sites is 1. The van der Waals surface area contributed by atoms with Gasteiger partial charge in [-0.15, -0.1) is 0 Å². The largest absolute Gasteiger partial charge is 0.467 e. The summed E-state index contributed by atoms with van der Waals surface area (Å²) in [5.41, 5.74) is -0.473. The van der Waals surface area contributed by atoms with Crippen molar-refractivity contribution in [2.24, 2.45) is 0 Å². The van der Waals surface area contributed by atoms with Crippen LogP contribution in [0.15, 0.2) is 24.3 Å². The van der Waals surface area contributed by atoms with E-state index in [0.29, 0.717) is 23.1 Å². The highest BCUT2D eigenvalue weighted by molar-refractivity contribution is 8.00. The number of thioether (sulfide) groups is 1. The average molecular weight is 269 g/mol. The number of carbonyl (C=O) groups is 1. The van der Waals surface area contributed by atoms with Crippen LogP contribution in [0.25, 0.3) is 0 Å². The lowest BCUT2D eigenvalue weighted by Crippen LogP contribution is -2.48. The number of nitrogens with one attached hydrogen (secondary N) is 1. The van der Waals surface area contributed by atoms with Crippen LogP contribution in [-0.2, 0) is 9.53 Å². The monoisotopic (exact) mass is 269 g/mol. The molecule has 18 heavy (non-hydrogen) atoms. The number of halogens is 1. The standard InChI is InChI=1S/C13H16FNO2S/c1-9-7-13(8-18-9,12(16)17-2)15-11-6-4-3-5-10(11)14/h3-6,9,15H,7-8H2,1-2H3. The quantitative estimate of drug-likeness (QED) is 0.856. The third-order valence-electron chi connectivity index (χ3n) is 3.07. The van der Waals surface area contributed by atoms with E-state index in [1.165, 1.54) is 13.2 Å². The number of benzene rings is 1. The summed E-state index contributed by atoms with van der Waals surface area (Å²) in [4.78, 5) is 12.0. The first-order valence-corrected chi connectivity index (χ1v) is 6.85. The Hall–Kier alpha value is -1.23. The Balaban J connectivity index is 2.27. The van der Waals surface area contributed by atoms with Gasteiger partial charge in [0.15, 0.2) is 0 Å². The Morgan fingerprint density at radius 2 is 2.28 bits per heavy atom. The van der Waals surface area contributed by atoms with E-state index in [1.807, 2.05) is 0 Å². The second-order valence-corrected chi connectivity index (χ2v) is 5.93. The van der Waals surface area contributed by atoms with Crippen LogP contribution < -0.4 is 5.32 Å². The topological polar surface area (TPSA) is 38.3 Å². The molecule has 1 fully saturated rings. The molecule has 2 unspecified atom stereocenters. The molecule has 1 N–H and O–H groups in total. The molecular weight excluding hydrogens is 253 g/mol. The highest BCUT2D eigenvalue weighted by atomic mass is 32.2. The van der Waals surface area contributed by atoms with Crippen LogP contribution in [0.2, 0.25) is 0 Å². The molecule has 98 valence electrons. The van der Waals surface area contributed by atoms with Gasteiger partial charge in [0, 0.05) is 11.0 Å². The second kappa shape index (κ2) is 5.18. The van der Waals surface area contributed by atoms with E-state index in [-0.39, 0.29) is 11.8 Å². The average Bonchev–Trinajstić information content (AvgIpc) is 2.74. The predicted molar refractivity (Wildman–Crippen MR) is 71.3 cm³/mol. The van der Waals surface area contributed by atoms with Gasteiger partial charge in [0.25, 0.3) is 0 Å². The van der Waals surface area contributed by atoms with Crippen LogP contribution in [0.3, 0.4) is 0 Å². The fourth-order valence-corrected chi connectivity index (χ4v) is 3.47. The van der Waals surface area contributed by atoms with Crippen LogP contribution in [0.5, 0.6) is 0 Å². The van der Waals surface area contributed by atoms with Crippen LogP contribution >= 0.6 is 11.8 Å². The van der Waals surface area contributed by atoms with Crippen LogP contribution in [0.4, 0.5) is 10.1 Å². The lowest BCUT2D eigenvalue weighted by Gasteiger charge is -2.28. The minimum Gasteiger partial charge on any atom is -0.467 e. The molecule has 0 aromatic heterocycles. The van der Waals surface area contributed by atoms with Crippen molar-refractivity contribution >= 4 is 23.4 Å². The summed E-state index contributed by atoms with van der Waals surface area (Å²) in [6, 6.07) is 6.37. The van der Waals surface area contributed by atoms with Crippen molar-refractivity contribution in [1.82, 2.24) is 0 Å². The Bertz CT molecular complexity index is 454. The third kappa shape index (κ3) is 2.46. The highest BCUT2D eigenvalue weighted by Crippen LogP contribution is 2.38. The minimum atomic E-state index is -0.818. The van der Waals surface area contributed by atoms with Crippen molar-refractivity contribution in [3.63, 3.8) is 0 Å². The SMILES string of the molecule is COC(=O)C1(Nc2ccccc2F)CSC(C)C1. The Morgan fingerprint density at radius 1 is 1.56 bits per heavy atom. The maximum absolute atomic E-state index is 13.7. The van der Waals surface area contributed by atoms with Gasteiger partial charge in [-0.05, 0) is 18.6 Å². The molecule has 0 aliphatic carbocycles. The number of anilines is 1. The number of rotatable bonds is 3. The molecule has 0 radical (unpaired) electrons. The van der Waals surface area contributed by atoms with E-state index >= 15 is 0 Å². The molecule has 3 nitrogen and oxygen atoms in total. The molecule has 1 aromatic carbocycles. The Morgan fingerprint density at radius 3 is 2.83 bits per heavy atom. The van der Waals surface area contributed by atoms with E-state index in [4.69, 9.17) is 4.74 Å². The van der Waals surface area contributed by atoms with Crippen molar-refractivity contribution in [1.29, 1.82) is 0 Å². The summed E-state index contributed by atoms with van der Waals surface area (Å²) in [6.07, 6.45) is 0.638. The number of carbonyl (C=O) groups excluding carboxylic acids is 1. The Labute approximate surface area is 110 Å². The van der Waals surface area contributed by atoms with Crippen LogP contribution in [0.1, 0.15) is 13.3 Å².